The van der Waals surface area contributed by atoms with Crippen LogP contribution in [0.5, 0.6) is 5.75 Å². The van der Waals surface area contributed by atoms with E-state index in [1.807, 2.05) is 60.7 Å². The fourth-order valence-electron chi connectivity index (χ4n) is 2.68. The summed E-state index contributed by atoms with van der Waals surface area (Å²) >= 11 is 0. The van der Waals surface area contributed by atoms with Gasteiger partial charge in [0, 0.05) is 11.9 Å². The SMILES string of the molecule is CC(CNC(=O)COc1cccc2ccccc12)c1ccccc1. The van der Waals surface area contributed by atoms with Crippen molar-refractivity contribution in [3.63, 3.8) is 0 Å². The van der Waals surface area contributed by atoms with Crippen molar-refractivity contribution in [2.45, 2.75) is 12.8 Å². The van der Waals surface area contributed by atoms with E-state index in [1.54, 1.807) is 0 Å². The maximum atomic E-state index is 12.1. The van der Waals surface area contributed by atoms with Crippen LogP contribution in [0, 0.1) is 0 Å². The minimum absolute atomic E-state index is 0.0233. The van der Waals surface area contributed by atoms with Crippen molar-refractivity contribution in [3.05, 3.63) is 78.4 Å². The van der Waals surface area contributed by atoms with E-state index in [4.69, 9.17) is 4.74 Å². The van der Waals surface area contributed by atoms with Gasteiger partial charge in [-0.25, -0.2) is 0 Å². The van der Waals surface area contributed by atoms with E-state index >= 15 is 0 Å². The maximum Gasteiger partial charge on any atom is 0.257 e. The first-order valence-corrected chi connectivity index (χ1v) is 8.16. The smallest absolute Gasteiger partial charge is 0.257 e. The number of carbonyl (C=O) groups excluding carboxylic acids is 1. The lowest BCUT2D eigenvalue weighted by Crippen LogP contribution is -2.31. The highest BCUT2D eigenvalue weighted by Crippen LogP contribution is 2.24. The Bertz CT molecular complexity index is 809. The highest BCUT2D eigenvalue weighted by molar-refractivity contribution is 5.88. The predicted octanol–water partition coefficient (Wildman–Crippen LogP) is 4.14. The fourth-order valence-corrected chi connectivity index (χ4v) is 2.68. The Morgan fingerprint density at radius 1 is 0.958 bits per heavy atom. The van der Waals surface area contributed by atoms with Crippen molar-refractivity contribution in [2.75, 3.05) is 13.2 Å². The summed E-state index contributed by atoms with van der Waals surface area (Å²) in [6.07, 6.45) is 0. The molecule has 0 aliphatic rings. The summed E-state index contributed by atoms with van der Waals surface area (Å²) in [6, 6.07) is 24.0. The van der Waals surface area contributed by atoms with Gasteiger partial charge in [-0.05, 0) is 22.9 Å². The van der Waals surface area contributed by atoms with Crippen molar-refractivity contribution in [1.82, 2.24) is 5.32 Å². The summed E-state index contributed by atoms with van der Waals surface area (Å²) in [7, 11) is 0. The molecule has 3 aromatic carbocycles. The van der Waals surface area contributed by atoms with Crippen LogP contribution in [-0.2, 0) is 4.79 Å². The van der Waals surface area contributed by atoms with Crippen LogP contribution in [-0.4, -0.2) is 19.1 Å². The summed E-state index contributed by atoms with van der Waals surface area (Å²) in [5.74, 6) is 0.901. The Morgan fingerprint density at radius 3 is 2.50 bits per heavy atom. The average Bonchev–Trinajstić information content (AvgIpc) is 2.65. The highest BCUT2D eigenvalue weighted by atomic mass is 16.5. The van der Waals surface area contributed by atoms with E-state index < -0.39 is 0 Å². The molecule has 0 aromatic heterocycles. The number of rotatable bonds is 6. The van der Waals surface area contributed by atoms with Crippen LogP contribution < -0.4 is 10.1 Å². The van der Waals surface area contributed by atoms with Crippen molar-refractivity contribution < 1.29 is 9.53 Å². The summed E-state index contributed by atoms with van der Waals surface area (Å²) in [6.45, 7) is 2.72. The summed E-state index contributed by atoms with van der Waals surface area (Å²) in [4.78, 5) is 12.1. The topological polar surface area (TPSA) is 38.3 Å². The van der Waals surface area contributed by atoms with Gasteiger partial charge >= 0.3 is 0 Å². The molecule has 1 N–H and O–H groups in total. The molecule has 1 atom stereocenters. The Morgan fingerprint density at radius 2 is 1.67 bits per heavy atom. The van der Waals surface area contributed by atoms with Gasteiger partial charge in [0.15, 0.2) is 6.61 Å². The van der Waals surface area contributed by atoms with Gasteiger partial charge in [0.05, 0.1) is 0 Å². The first kappa shape index (κ1) is 16.1. The van der Waals surface area contributed by atoms with Crippen LogP contribution >= 0.6 is 0 Å². The van der Waals surface area contributed by atoms with Crippen LogP contribution in [0.2, 0.25) is 0 Å². The van der Waals surface area contributed by atoms with Gasteiger partial charge in [-0.15, -0.1) is 0 Å². The van der Waals surface area contributed by atoms with Gasteiger partial charge in [-0.3, -0.25) is 4.79 Å². The molecule has 122 valence electrons. The van der Waals surface area contributed by atoms with E-state index in [2.05, 4.69) is 24.4 Å². The molecule has 0 aliphatic carbocycles. The Hall–Kier alpha value is -2.81. The zero-order chi connectivity index (χ0) is 16.8. The second-order valence-corrected chi connectivity index (χ2v) is 5.88. The quantitative estimate of drug-likeness (QED) is 0.741. The highest BCUT2D eigenvalue weighted by Gasteiger charge is 2.09. The zero-order valence-corrected chi connectivity index (χ0v) is 13.7. The lowest BCUT2D eigenvalue weighted by molar-refractivity contribution is -0.123. The van der Waals surface area contributed by atoms with Gasteiger partial charge in [0.1, 0.15) is 5.75 Å². The normalized spacial score (nSPS) is 11.9. The molecule has 0 radical (unpaired) electrons. The van der Waals surface area contributed by atoms with Gasteiger partial charge in [-0.2, -0.15) is 0 Å². The standard InChI is InChI=1S/C21H21NO2/c1-16(17-8-3-2-4-9-17)14-22-21(23)15-24-20-13-7-11-18-10-5-6-12-19(18)20/h2-13,16H,14-15H2,1H3,(H,22,23). The van der Waals surface area contributed by atoms with Gasteiger partial charge < -0.3 is 10.1 Å². The largest absolute Gasteiger partial charge is 0.483 e. The minimum atomic E-state index is -0.106. The Balaban J connectivity index is 1.54. The summed E-state index contributed by atoms with van der Waals surface area (Å²) in [5, 5.41) is 5.06. The third-order valence-electron chi connectivity index (χ3n) is 4.08. The zero-order valence-electron chi connectivity index (χ0n) is 13.7. The molecule has 1 amide bonds. The van der Waals surface area contributed by atoms with Gasteiger partial charge in [0.25, 0.3) is 5.91 Å². The van der Waals surface area contributed by atoms with E-state index in [9.17, 15) is 4.79 Å². The molecule has 3 nitrogen and oxygen atoms in total. The number of hydrogen-bond acceptors (Lipinski definition) is 2. The maximum absolute atomic E-state index is 12.1. The number of amides is 1. The molecular formula is C21H21NO2. The molecule has 0 saturated carbocycles. The van der Waals surface area contributed by atoms with Crippen molar-refractivity contribution in [2.24, 2.45) is 0 Å². The number of ether oxygens (including phenoxy) is 1. The number of benzene rings is 3. The molecule has 3 heteroatoms. The van der Waals surface area contributed by atoms with Crippen molar-refractivity contribution >= 4 is 16.7 Å². The molecule has 0 spiro atoms. The lowest BCUT2D eigenvalue weighted by Gasteiger charge is -2.14. The Labute approximate surface area is 142 Å². The molecule has 3 aromatic rings. The van der Waals surface area contributed by atoms with Crippen LogP contribution in [0.15, 0.2) is 72.8 Å². The fraction of sp³-hybridized carbons (Fsp3) is 0.190. The third kappa shape index (κ3) is 3.93. The van der Waals surface area contributed by atoms with E-state index in [-0.39, 0.29) is 18.4 Å². The van der Waals surface area contributed by atoms with Gasteiger partial charge in [0.2, 0.25) is 0 Å². The number of hydrogen-bond donors (Lipinski definition) is 1. The molecule has 24 heavy (non-hydrogen) atoms. The second kappa shape index (κ2) is 7.64. The number of nitrogens with one attached hydrogen (secondary N) is 1. The molecule has 0 heterocycles. The average molecular weight is 319 g/mol. The predicted molar refractivity (Wildman–Crippen MR) is 97.3 cm³/mol. The lowest BCUT2D eigenvalue weighted by atomic mass is 10.0. The van der Waals surface area contributed by atoms with Crippen molar-refractivity contribution in [3.8, 4) is 5.75 Å². The summed E-state index contributed by atoms with van der Waals surface area (Å²) < 4.78 is 5.71. The van der Waals surface area contributed by atoms with Crippen LogP contribution in [0.4, 0.5) is 0 Å². The molecule has 0 fully saturated rings. The molecule has 0 aliphatic heterocycles. The minimum Gasteiger partial charge on any atom is -0.483 e. The first-order valence-electron chi connectivity index (χ1n) is 8.16. The van der Waals surface area contributed by atoms with Crippen LogP contribution in [0.25, 0.3) is 10.8 Å². The summed E-state index contributed by atoms with van der Waals surface area (Å²) in [5.41, 5.74) is 1.22. The molecule has 0 saturated heterocycles. The Kier molecular flexibility index (Phi) is 5.12. The second-order valence-electron chi connectivity index (χ2n) is 5.88. The van der Waals surface area contributed by atoms with Gasteiger partial charge in [-0.1, -0.05) is 73.7 Å². The monoisotopic (exact) mass is 319 g/mol. The molecule has 1 unspecified atom stereocenters. The first-order chi connectivity index (χ1) is 11.7. The van der Waals surface area contributed by atoms with E-state index in [1.165, 1.54) is 5.56 Å². The van der Waals surface area contributed by atoms with Crippen molar-refractivity contribution in [1.29, 1.82) is 0 Å². The molecule has 3 rings (SSSR count). The van der Waals surface area contributed by atoms with E-state index in [0.29, 0.717) is 6.54 Å². The van der Waals surface area contributed by atoms with Crippen LogP contribution in [0.3, 0.4) is 0 Å². The van der Waals surface area contributed by atoms with Crippen LogP contribution in [0.1, 0.15) is 18.4 Å². The molecular weight excluding hydrogens is 298 g/mol. The number of carbonyl (C=O) groups is 1. The van der Waals surface area contributed by atoms with E-state index in [0.717, 1.165) is 16.5 Å². The molecule has 0 bridgehead atoms. The number of fused-ring (bicyclic) bond motifs is 1. The third-order valence-corrected chi connectivity index (χ3v) is 4.08.